The second-order valence-electron chi connectivity index (χ2n) is 6.22. The molecule has 0 radical (unpaired) electrons. The standard InChI is InChI=1S/C18H26N4O/c1-14-5-4-6-15(2)17(14)23-12-11-22-10-7-19-13-16(22)18-20-8-9-21(18)3/h4-6,8-9,16,19H,7,10-13H2,1-3H3. The molecule has 0 saturated carbocycles. The molecule has 1 fully saturated rings. The van der Waals surface area contributed by atoms with Gasteiger partial charge in [-0.25, -0.2) is 4.98 Å². The fourth-order valence-corrected chi connectivity index (χ4v) is 3.26. The van der Waals surface area contributed by atoms with Crippen LogP contribution in [0.1, 0.15) is 23.0 Å². The van der Waals surface area contributed by atoms with Crippen LogP contribution in [0, 0.1) is 13.8 Å². The Morgan fingerprint density at radius 2 is 2.09 bits per heavy atom. The third-order valence-electron chi connectivity index (χ3n) is 4.54. The molecule has 1 aromatic carbocycles. The van der Waals surface area contributed by atoms with E-state index in [-0.39, 0.29) is 0 Å². The minimum absolute atomic E-state index is 0.310. The fraction of sp³-hybridized carbons (Fsp3) is 0.500. The van der Waals surface area contributed by atoms with Gasteiger partial charge < -0.3 is 14.6 Å². The van der Waals surface area contributed by atoms with Gasteiger partial charge in [0.25, 0.3) is 0 Å². The fourth-order valence-electron chi connectivity index (χ4n) is 3.26. The Labute approximate surface area is 138 Å². The Morgan fingerprint density at radius 3 is 2.78 bits per heavy atom. The van der Waals surface area contributed by atoms with Crippen molar-refractivity contribution in [2.75, 3.05) is 32.8 Å². The number of nitrogens with zero attached hydrogens (tertiary/aromatic N) is 3. The van der Waals surface area contributed by atoms with Crippen LogP contribution in [-0.4, -0.2) is 47.2 Å². The van der Waals surface area contributed by atoms with E-state index < -0.39 is 0 Å². The highest BCUT2D eigenvalue weighted by Gasteiger charge is 2.26. The molecule has 124 valence electrons. The maximum absolute atomic E-state index is 6.08. The summed E-state index contributed by atoms with van der Waals surface area (Å²) in [7, 11) is 2.06. The molecule has 23 heavy (non-hydrogen) atoms. The third kappa shape index (κ3) is 3.57. The lowest BCUT2D eigenvalue weighted by Gasteiger charge is -2.35. The first-order valence-corrected chi connectivity index (χ1v) is 8.28. The van der Waals surface area contributed by atoms with Crippen molar-refractivity contribution in [3.05, 3.63) is 47.5 Å². The maximum atomic E-state index is 6.08. The second-order valence-corrected chi connectivity index (χ2v) is 6.22. The summed E-state index contributed by atoms with van der Waals surface area (Å²) in [6.07, 6.45) is 3.88. The minimum atomic E-state index is 0.310. The summed E-state index contributed by atoms with van der Waals surface area (Å²) in [5.74, 6) is 2.14. The molecule has 0 aliphatic carbocycles. The van der Waals surface area contributed by atoms with Crippen LogP contribution in [0.2, 0.25) is 0 Å². The van der Waals surface area contributed by atoms with Gasteiger partial charge in [0.15, 0.2) is 0 Å². The van der Waals surface area contributed by atoms with Crippen molar-refractivity contribution in [2.24, 2.45) is 7.05 Å². The minimum Gasteiger partial charge on any atom is -0.492 e. The first kappa shape index (κ1) is 16.0. The van der Waals surface area contributed by atoms with Crippen molar-refractivity contribution < 1.29 is 4.74 Å². The number of nitrogens with one attached hydrogen (secondary N) is 1. The van der Waals surface area contributed by atoms with Crippen LogP contribution in [-0.2, 0) is 7.05 Å². The zero-order valence-electron chi connectivity index (χ0n) is 14.2. The van der Waals surface area contributed by atoms with Gasteiger partial charge in [0, 0.05) is 45.6 Å². The molecule has 2 aromatic rings. The first-order chi connectivity index (χ1) is 11.2. The summed E-state index contributed by atoms with van der Waals surface area (Å²) < 4.78 is 8.19. The van der Waals surface area contributed by atoms with Crippen LogP contribution in [0.15, 0.2) is 30.6 Å². The average Bonchev–Trinajstić information content (AvgIpc) is 2.97. The monoisotopic (exact) mass is 314 g/mol. The lowest BCUT2D eigenvalue weighted by Crippen LogP contribution is -2.48. The summed E-state index contributed by atoms with van der Waals surface area (Å²) in [6.45, 7) is 8.79. The zero-order valence-corrected chi connectivity index (χ0v) is 14.2. The average molecular weight is 314 g/mol. The van der Waals surface area contributed by atoms with Crippen molar-refractivity contribution in [3.63, 3.8) is 0 Å². The van der Waals surface area contributed by atoms with Gasteiger partial charge in [-0.3, -0.25) is 4.90 Å². The number of benzene rings is 1. The Balaban J connectivity index is 1.63. The highest BCUT2D eigenvalue weighted by Crippen LogP contribution is 2.23. The molecule has 0 spiro atoms. The van der Waals surface area contributed by atoms with E-state index in [1.54, 1.807) is 0 Å². The smallest absolute Gasteiger partial charge is 0.127 e. The topological polar surface area (TPSA) is 42.3 Å². The number of hydrogen-bond donors (Lipinski definition) is 1. The number of hydrogen-bond acceptors (Lipinski definition) is 4. The molecule has 1 aliphatic heterocycles. The Bertz CT molecular complexity index is 632. The number of rotatable bonds is 5. The van der Waals surface area contributed by atoms with E-state index in [9.17, 15) is 0 Å². The molecule has 2 heterocycles. The van der Waals surface area contributed by atoms with E-state index in [1.807, 2.05) is 12.4 Å². The van der Waals surface area contributed by atoms with E-state index in [2.05, 4.69) is 58.9 Å². The number of aromatic nitrogens is 2. The van der Waals surface area contributed by atoms with Gasteiger partial charge in [0.1, 0.15) is 18.2 Å². The zero-order chi connectivity index (χ0) is 16.2. The molecular formula is C18H26N4O. The molecule has 1 saturated heterocycles. The van der Waals surface area contributed by atoms with E-state index in [0.717, 1.165) is 37.8 Å². The first-order valence-electron chi connectivity index (χ1n) is 8.28. The molecule has 1 aliphatic rings. The number of piperazine rings is 1. The van der Waals surface area contributed by atoms with Crippen LogP contribution in [0.3, 0.4) is 0 Å². The molecule has 0 bridgehead atoms. The van der Waals surface area contributed by atoms with Gasteiger partial charge >= 0.3 is 0 Å². The van der Waals surface area contributed by atoms with E-state index in [1.165, 1.54) is 11.1 Å². The normalized spacial score (nSPS) is 19.0. The largest absolute Gasteiger partial charge is 0.492 e. The van der Waals surface area contributed by atoms with Gasteiger partial charge in [-0.2, -0.15) is 0 Å². The molecule has 3 rings (SSSR count). The van der Waals surface area contributed by atoms with Gasteiger partial charge in [0.05, 0.1) is 6.04 Å². The van der Waals surface area contributed by atoms with E-state index in [4.69, 9.17) is 4.74 Å². The van der Waals surface area contributed by atoms with Crippen LogP contribution < -0.4 is 10.1 Å². The molecule has 5 heteroatoms. The van der Waals surface area contributed by atoms with Crippen LogP contribution in [0.4, 0.5) is 0 Å². The maximum Gasteiger partial charge on any atom is 0.127 e. The molecule has 1 N–H and O–H groups in total. The van der Waals surface area contributed by atoms with Gasteiger partial charge in [-0.05, 0) is 25.0 Å². The second kappa shape index (κ2) is 7.15. The van der Waals surface area contributed by atoms with Crippen LogP contribution in [0.25, 0.3) is 0 Å². The molecular weight excluding hydrogens is 288 g/mol. The Kier molecular flexibility index (Phi) is 4.98. The molecule has 1 unspecified atom stereocenters. The predicted octanol–water partition coefficient (Wildman–Crippen LogP) is 2.06. The number of para-hydroxylation sites is 1. The summed E-state index contributed by atoms with van der Waals surface area (Å²) in [4.78, 5) is 6.99. The molecule has 1 aromatic heterocycles. The summed E-state index contributed by atoms with van der Waals surface area (Å²) >= 11 is 0. The van der Waals surface area contributed by atoms with E-state index in [0.29, 0.717) is 12.6 Å². The number of ether oxygens (including phenoxy) is 1. The van der Waals surface area contributed by atoms with Gasteiger partial charge in [-0.1, -0.05) is 18.2 Å². The van der Waals surface area contributed by atoms with E-state index >= 15 is 0 Å². The van der Waals surface area contributed by atoms with Gasteiger partial charge in [-0.15, -0.1) is 0 Å². The third-order valence-corrected chi connectivity index (χ3v) is 4.54. The summed E-state index contributed by atoms with van der Waals surface area (Å²) in [5.41, 5.74) is 2.40. The predicted molar refractivity (Wildman–Crippen MR) is 91.8 cm³/mol. The molecule has 0 amide bonds. The number of aryl methyl sites for hydroxylation is 3. The van der Waals surface area contributed by atoms with Crippen molar-refractivity contribution in [1.82, 2.24) is 19.8 Å². The van der Waals surface area contributed by atoms with Crippen LogP contribution >= 0.6 is 0 Å². The lowest BCUT2D eigenvalue weighted by atomic mass is 10.1. The SMILES string of the molecule is Cc1cccc(C)c1OCCN1CCNCC1c1nccn1C. The van der Waals surface area contributed by atoms with Gasteiger partial charge in [0.2, 0.25) is 0 Å². The molecule has 5 nitrogen and oxygen atoms in total. The quantitative estimate of drug-likeness (QED) is 0.917. The summed E-state index contributed by atoms with van der Waals surface area (Å²) in [5, 5.41) is 3.47. The Morgan fingerprint density at radius 1 is 1.30 bits per heavy atom. The molecule has 1 atom stereocenters. The lowest BCUT2D eigenvalue weighted by molar-refractivity contribution is 0.126. The van der Waals surface area contributed by atoms with Crippen LogP contribution in [0.5, 0.6) is 5.75 Å². The van der Waals surface area contributed by atoms with Crippen molar-refractivity contribution in [3.8, 4) is 5.75 Å². The van der Waals surface area contributed by atoms with Crippen molar-refractivity contribution >= 4 is 0 Å². The summed E-state index contributed by atoms with van der Waals surface area (Å²) in [6, 6.07) is 6.59. The highest BCUT2D eigenvalue weighted by atomic mass is 16.5. The highest BCUT2D eigenvalue weighted by molar-refractivity contribution is 5.39. The number of imidazole rings is 1. The van der Waals surface area contributed by atoms with Crippen molar-refractivity contribution in [2.45, 2.75) is 19.9 Å². The van der Waals surface area contributed by atoms with Crippen molar-refractivity contribution in [1.29, 1.82) is 0 Å². The Hall–Kier alpha value is -1.85.